The van der Waals surface area contributed by atoms with Crippen molar-refractivity contribution in [3.05, 3.63) is 45.1 Å². The van der Waals surface area contributed by atoms with Gasteiger partial charge in [0.15, 0.2) is 0 Å². The molecule has 0 spiro atoms. The van der Waals surface area contributed by atoms with Gasteiger partial charge in [0, 0.05) is 5.02 Å². The van der Waals surface area contributed by atoms with E-state index in [1.807, 2.05) is 0 Å². The highest BCUT2D eigenvalue weighted by molar-refractivity contribution is 7.93. The predicted octanol–water partition coefficient (Wildman–Crippen LogP) is 2.81. The number of nitro groups is 1. The first kappa shape index (κ1) is 14.7. The largest absolute Gasteiger partial charge is 0.345 e. The van der Waals surface area contributed by atoms with Crippen molar-refractivity contribution in [2.45, 2.75) is 11.8 Å². The minimum atomic E-state index is -3.89. The normalized spacial score (nSPS) is 11.3. The number of hydrogen-bond acceptors (Lipinski definition) is 6. The molecule has 0 aliphatic carbocycles. The van der Waals surface area contributed by atoms with Gasteiger partial charge in [0.25, 0.3) is 10.0 Å². The van der Waals surface area contributed by atoms with Gasteiger partial charge in [-0.1, -0.05) is 17.7 Å². The maximum atomic E-state index is 12.2. The third kappa shape index (κ3) is 2.89. The van der Waals surface area contributed by atoms with E-state index >= 15 is 0 Å². The second kappa shape index (κ2) is 5.35. The Bertz CT molecular complexity index is 773. The Kier molecular flexibility index (Phi) is 3.93. The molecule has 7 nitrogen and oxygen atoms in total. The summed E-state index contributed by atoms with van der Waals surface area (Å²) in [5.41, 5.74) is 0.396. The minimum Gasteiger partial charge on any atom is -0.257 e. The van der Waals surface area contributed by atoms with Crippen molar-refractivity contribution in [2.75, 3.05) is 4.72 Å². The Hall–Kier alpha value is -1.71. The topological polar surface area (TPSA) is 102 Å². The lowest BCUT2D eigenvalue weighted by Crippen LogP contribution is -2.14. The Morgan fingerprint density at radius 1 is 1.45 bits per heavy atom. The molecule has 2 rings (SSSR count). The summed E-state index contributed by atoms with van der Waals surface area (Å²) in [4.78, 5) is 13.5. The molecule has 1 heterocycles. The third-order valence-electron chi connectivity index (χ3n) is 2.40. The molecule has 0 radical (unpaired) electrons. The van der Waals surface area contributed by atoms with Crippen molar-refractivity contribution in [1.29, 1.82) is 0 Å². The molecule has 20 heavy (non-hydrogen) atoms. The maximum absolute atomic E-state index is 12.2. The number of halogens is 1. The Labute approximate surface area is 123 Å². The highest BCUT2D eigenvalue weighted by atomic mass is 35.5. The quantitative estimate of drug-likeness (QED) is 0.684. The molecule has 0 aliphatic heterocycles. The molecule has 0 bridgehead atoms. The fourth-order valence-corrected chi connectivity index (χ4v) is 3.82. The minimum absolute atomic E-state index is 0.00264. The fraction of sp³-hybridized carbons (Fsp3) is 0.100. The maximum Gasteiger partial charge on any atom is 0.345 e. The molecule has 0 atom stereocenters. The Morgan fingerprint density at radius 2 is 2.15 bits per heavy atom. The van der Waals surface area contributed by atoms with Crippen LogP contribution in [0.1, 0.15) is 5.56 Å². The summed E-state index contributed by atoms with van der Waals surface area (Å²) in [6.07, 6.45) is 0.993. The SMILES string of the molecule is Cc1c(Cl)cccc1S(=O)(=O)Nc1ncc([N+](=O)[O-])s1. The summed E-state index contributed by atoms with van der Waals surface area (Å²) in [7, 11) is -3.89. The summed E-state index contributed by atoms with van der Waals surface area (Å²) in [6.45, 7) is 1.57. The molecule has 0 fully saturated rings. The van der Waals surface area contributed by atoms with Crippen LogP contribution in [0.5, 0.6) is 0 Å². The van der Waals surface area contributed by atoms with Crippen molar-refractivity contribution in [2.24, 2.45) is 0 Å². The van der Waals surface area contributed by atoms with E-state index in [1.54, 1.807) is 13.0 Å². The smallest absolute Gasteiger partial charge is 0.257 e. The Morgan fingerprint density at radius 3 is 2.75 bits per heavy atom. The van der Waals surface area contributed by atoms with E-state index in [4.69, 9.17) is 11.6 Å². The molecule has 0 saturated heterocycles. The van der Waals surface area contributed by atoms with Crippen LogP contribution in [0, 0.1) is 17.0 Å². The van der Waals surface area contributed by atoms with Crippen LogP contribution in [-0.4, -0.2) is 18.3 Å². The molecular formula is C10H8ClN3O4S2. The van der Waals surface area contributed by atoms with Crippen molar-refractivity contribution in [3.63, 3.8) is 0 Å². The van der Waals surface area contributed by atoms with Gasteiger partial charge in [-0.2, -0.15) is 0 Å². The van der Waals surface area contributed by atoms with Crippen LogP contribution in [0.4, 0.5) is 10.1 Å². The van der Waals surface area contributed by atoms with Crippen LogP contribution in [0.2, 0.25) is 5.02 Å². The molecule has 1 aromatic carbocycles. The number of sulfonamides is 1. The highest BCUT2D eigenvalue weighted by Crippen LogP contribution is 2.29. The summed E-state index contributed by atoms with van der Waals surface area (Å²) in [5.74, 6) is 0. The molecular weight excluding hydrogens is 326 g/mol. The van der Waals surface area contributed by atoms with E-state index in [0.717, 1.165) is 6.20 Å². The van der Waals surface area contributed by atoms with E-state index in [1.165, 1.54) is 12.1 Å². The van der Waals surface area contributed by atoms with E-state index in [-0.39, 0.29) is 15.0 Å². The van der Waals surface area contributed by atoms with E-state index in [9.17, 15) is 18.5 Å². The van der Waals surface area contributed by atoms with E-state index in [0.29, 0.717) is 21.9 Å². The molecule has 0 aliphatic rings. The summed E-state index contributed by atoms with van der Waals surface area (Å²) in [6, 6.07) is 4.48. The number of nitrogens with one attached hydrogen (secondary N) is 1. The van der Waals surface area contributed by atoms with Gasteiger partial charge in [-0.15, -0.1) is 0 Å². The standard InChI is InChI=1S/C10H8ClN3O4S2/c1-6-7(11)3-2-4-8(6)20(17,18)13-10-12-5-9(19-10)14(15)16/h2-5H,1H3,(H,12,13). The lowest BCUT2D eigenvalue weighted by atomic mass is 10.2. The summed E-state index contributed by atoms with van der Waals surface area (Å²) >= 11 is 6.51. The molecule has 0 saturated carbocycles. The zero-order valence-electron chi connectivity index (χ0n) is 10.0. The second-order valence-corrected chi connectivity index (χ2v) is 6.80. The molecule has 1 N–H and O–H groups in total. The van der Waals surface area contributed by atoms with Gasteiger partial charge in [0.05, 0.1) is 9.82 Å². The van der Waals surface area contributed by atoms with Crippen molar-refractivity contribution in [3.8, 4) is 0 Å². The predicted molar refractivity (Wildman–Crippen MR) is 75.8 cm³/mol. The number of hydrogen-bond donors (Lipinski definition) is 1. The number of benzene rings is 1. The van der Waals surface area contributed by atoms with Gasteiger partial charge in [-0.25, -0.2) is 13.4 Å². The van der Waals surface area contributed by atoms with Gasteiger partial charge in [-0.3, -0.25) is 14.8 Å². The lowest BCUT2D eigenvalue weighted by Gasteiger charge is -2.08. The number of thiazole rings is 1. The van der Waals surface area contributed by atoms with Crippen molar-refractivity contribution < 1.29 is 13.3 Å². The molecule has 2 aromatic rings. The van der Waals surface area contributed by atoms with E-state index in [2.05, 4.69) is 9.71 Å². The van der Waals surface area contributed by atoms with Crippen LogP contribution in [0.25, 0.3) is 0 Å². The fourth-order valence-electron chi connectivity index (χ4n) is 1.45. The molecule has 106 valence electrons. The van der Waals surface area contributed by atoms with Gasteiger partial charge < -0.3 is 0 Å². The van der Waals surface area contributed by atoms with Gasteiger partial charge in [-0.05, 0) is 36.0 Å². The highest BCUT2D eigenvalue weighted by Gasteiger charge is 2.21. The third-order valence-corrected chi connectivity index (χ3v) is 5.29. The van der Waals surface area contributed by atoms with Crippen molar-refractivity contribution in [1.82, 2.24) is 4.98 Å². The van der Waals surface area contributed by atoms with Crippen LogP contribution in [0.3, 0.4) is 0 Å². The second-order valence-electron chi connectivity index (χ2n) is 3.73. The zero-order chi connectivity index (χ0) is 14.9. The van der Waals surface area contributed by atoms with Crippen LogP contribution < -0.4 is 4.72 Å². The van der Waals surface area contributed by atoms with Gasteiger partial charge >= 0.3 is 5.00 Å². The first-order valence-corrected chi connectivity index (χ1v) is 7.87. The Balaban J connectivity index is 2.35. The zero-order valence-corrected chi connectivity index (χ0v) is 12.4. The molecule has 0 amide bonds. The van der Waals surface area contributed by atoms with Gasteiger partial charge in [0.2, 0.25) is 5.13 Å². The number of aromatic nitrogens is 1. The van der Waals surface area contributed by atoms with Crippen LogP contribution in [-0.2, 0) is 10.0 Å². The van der Waals surface area contributed by atoms with Crippen molar-refractivity contribution >= 4 is 43.1 Å². The molecule has 1 aromatic heterocycles. The molecule has 0 unspecified atom stereocenters. The number of nitrogens with zero attached hydrogens (tertiary/aromatic N) is 2. The molecule has 10 heteroatoms. The van der Waals surface area contributed by atoms with E-state index < -0.39 is 14.9 Å². The summed E-state index contributed by atoms with van der Waals surface area (Å²) < 4.78 is 26.6. The summed E-state index contributed by atoms with van der Waals surface area (Å²) in [5, 5.41) is 10.5. The average Bonchev–Trinajstić information content (AvgIpc) is 2.80. The monoisotopic (exact) mass is 333 g/mol. The lowest BCUT2D eigenvalue weighted by molar-refractivity contribution is -0.380. The average molecular weight is 334 g/mol. The van der Waals surface area contributed by atoms with Crippen LogP contribution in [0.15, 0.2) is 29.3 Å². The first-order chi connectivity index (χ1) is 9.31. The number of rotatable bonds is 4. The number of anilines is 1. The van der Waals surface area contributed by atoms with Gasteiger partial charge in [0.1, 0.15) is 6.20 Å². The first-order valence-electron chi connectivity index (χ1n) is 5.19. The van der Waals surface area contributed by atoms with Crippen LogP contribution >= 0.6 is 22.9 Å².